The SMILES string of the molecule is COCCO[C@@H]1CCN(Cc2nccn2C)[C@H]1Cc1ccccc1. The van der Waals surface area contributed by atoms with E-state index < -0.39 is 0 Å². The van der Waals surface area contributed by atoms with Crippen molar-refractivity contribution in [3.63, 3.8) is 0 Å². The van der Waals surface area contributed by atoms with E-state index in [1.807, 2.05) is 12.4 Å². The first-order valence-corrected chi connectivity index (χ1v) is 8.62. The number of nitrogens with zero attached hydrogens (tertiary/aromatic N) is 3. The number of aromatic nitrogens is 2. The Bertz CT molecular complexity index is 614. The van der Waals surface area contributed by atoms with Gasteiger partial charge in [-0.3, -0.25) is 4.90 Å². The van der Waals surface area contributed by atoms with E-state index >= 15 is 0 Å². The van der Waals surface area contributed by atoms with Crippen molar-refractivity contribution < 1.29 is 9.47 Å². The predicted molar refractivity (Wildman–Crippen MR) is 93.8 cm³/mol. The lowest BCUT2D eigenvalue weighted by atomic mass is 10.0. The average Bonchev–Trinajstić information content (AvgIpc) is 3.17. The number of benzene rings is 1. The standard InChI is InChI=1S/C19H27N3O2/c1-21-11-9-20-19(21)15-22-10-8-18(24-13-12-23-2)17(22)14-16-6-4-3-5-7-16/h3-7,9,11,17-18H,8,10,12-15H2,1-2H3/t17-,18+/m0/s1. The van der Waals surface area contributed by atoms with Gasteiger partial charge in [0.1, 0.15) is 5.82 Å². The predicted octanol–water partition coefficient (Wildman–Crippen LogP) is 2.27. The maximum atomic E-state index is 6.11. The molecule has 5 heteroatoms. The number of aryl methyl sites for hydroxylation is 1. The molecule has 0 unspecified atom stereocenters. The van der Waals surface area contributed by atoms with Crippen LogP contribution in [0.2, 0.25) is 0 Å². The van der Waals surface area contributed by atoms with Gasteiger partial charge in [0.25, 0.3) is 0 Å². The monoisotopic (exact) mass is 329 g/mol. The number of methoxy groups -OCH3 is 1. The molecule has 1 aromatic carbocycles. The van der Waals surface area contributed by atoms with Gasteiger partial charge in [0.05, 0.1) is 25.9 Å². The fraction of sp³-hybridized carbons (Fsp3) is 0.526. The summed E-state index contributed by atoms with van der Waals surface area (Å²) in [6.07, 6.45) is 6.18. The average molecular weight is 329 g/mol. The normalized spacial score (nSPS) is 21.4. The Morgan fingerprint density at radius 2 is 2.04 bits per heavy atom. The summed E-state index contributed by atoms with van der Waals surface area (Å²) in [6, 6.07) is 11.0. The van der Waals surface area contributed by atoms with Crippen LogP contribution in [0.15, 0.2) is 42.7 Å². The summed E-state index contributed by atoms with van der Waals surface area (Å²) in [6.45, 7) is 3.21. The van der Waals surface area contributed by atoms with Gasteiger partial charge >= 0.3 is 0 Å². The number of likely N-dealkylation sites (tertiary alicyclic amines) is 1. The topological polar surface area (TPSA) is 39.5 Å². The lowest BCUT2D eigenvalue weighted by Gasteiger charge is -2.28. The zero-order chi connectivity index (χ0) is 16.8. The van der Waals surface area contributed by atoms with Crippen LogP contribution < -0.4 is 0 Å². The molecule has 2 atom stereocenters. The molecular weight excluding hydrogens is 302 g/mol. The lowest BCUT2D eigenvalue weighted by molar-refractivity contribution is -0.00163. The minimum atomic E-state index is 0.251. The Morgan fingerprint density at radius 3 is 2.75 bits per heavy atom. The Labute approximate surface area is 144 Å². The molecular formula is C19H27N3O2. The zero-order valence-corrected chi connectivity index (χ0v) is 14.6. The molecule has 0 radical (unpaired) electrons. The van der Waals surface area contributed by atoms with Crippen molar-refractivity contribution in [3.8, 4) is 0 Å². The molecule has 1 aromatic heterocycles. The molecule has 3 rings (SSSR count). The Hall–Kier alpha value is -1.69. The summed E-state index contributed by atoms with van der Waals surface area (Å²) in [5, 5.41) is 0. The van der Waals surface area contributed by atoms with Gasteiger partial charge < -0.3 is 14.0 Å². The molecule has 0 spiro atoms. The van der Waals surface area contributed by atoms with Crippen LogP contribution in [-0.2, 0) is 29.5 Å². The fourth-order valence-electron chi connectivity index (χ4n) is 3.41. The second-order valence-corrected chi connectivity index (χ2v) is 6.37. The first-order chi connectivity index (χ1) is 11.8. The van der Waals surface area contributed by atoms with Crippen LogP contribution in [0.5, 0.6) is 0 Å². The zero-order valence-electron chi connectivity index (χ0n) is 14.6. The van der Waals surface area contributed by atoms with Crippen LogP contribution in [0.3, 0.4) is 0 Å². The van der Waals surface area contributed by atoms with Gasteiger partial charge in [-0.1, -0.05) is 30.3 Å². The van der Waals surface area contributed by atoms with Gasteiger partial charge in [-0.15, -0.1) is 0 Å². The summed E-state index contributed by atoms with van der Waals surface area (Å²) in [5.74, 6) is 1.10. The number of imidazole rings is 1. The van der Waals surface area contributed by atoms with Gasteiger partial charge in [0.15, 0.2) is 0 Å². The molecule has 0 bridgehead atoms. The van der Waals surface area contributed by atoms with Crippen molar-refractivity contribution in [2.45, 2.75) is 31.5 Å². The van der Waals surface area contributed by atoms with Crippen molar-refractivity contribution >= 4 is 0 Å². The number of hydrogen-bond donors (Lipinski definition) is 0. The van der Waals surface area contributed by atoms with Crippen molar-refractivity contribution in [2.24, 2.45) is 7.05 Å². The molecule has 0 N–H and O–H groups in total. The van der Waals surface area contributed by atoms with E-state index in [1.165, 1.54) is 5.56 Å². The van der Waals surface area contributed by atoms with E-state index in [1.54, 1.807) is 7.11 Å². The third-order valence-corrected chi connectivity index (χ3v) is 4.77. The largest absolute Gasteiger partial charge is 0.382 e. The molecule has 0 aliphatic carbocycles. The maximum Gasteiger partial charge on any atom is 0.122 e. The van der Waals surface area contributed by atoms with Crippen molar-refractivity contribution in [2.75, 3.05) is 26.9 Å². The molecule has 2 heterocycles. The summed E-state index contributed by atoms with van der Waals surface area (Å²) < 4.78 is 13.3. The van der Waals surface area contributed by atoms with E-state index in [-0.39, 0.29) is 6.10 Å². The van der Waals surface area contributed by atoms with Crippen LogP contribution in [-0.4, -0.2) is 53.5 Å². The second kappa shape index (κ2) is 8.42. The smallest absolute Gasteiger partial charge is 0.122 e. The molecule has 0 saturated carbocycles. The third-order valence-electron chi connectivity index (χ3n) is 4.77. The molecule has 5 nitrogen and oxygen atoms in total. The van der Waals surface area contributed by atoms with Gasteiger partial charge in [-0.2, -0.15) is 0 Å². The van der Waals surface area contributed by atoms with Crippen LogP contribution in [0.4, 0.5) is 0 Å². The van der Waals surface area contributed by atoms with Gasteiger partial charge in [-0.25, -0.2) is 4.98 Å². The van der Waals surface area contributed by atoms with Crippen LogP contribution in [0.1, 0.15) is 17.8 Å². The van der Waals surface area contributed by atoms with E-state index in [0.29, 0.717) is 19.3 Å². The Balaban J connectivity index is 1.70. The molecule has 2 aromatic rings. The van der Waals surface area contributed by atoms with Gasteiger partial charge in [-0.05, 0) is 18.4 Å². The van der Waals surface area contributed by atoms with Crippen molar-refractivity contribution in [1.82, 2.24) is 14.5 Å². The highest BCUT2D eigenvalue weighted by molar-refractivity contribution is 5.17. The first-order valence-electron chi connectivity index (χ1n) is 8.62. The van der Waals surface area contributed by atoms with E-state index in [9.17, 15) is 0 Å². The highest BCUT2D eigenvalue weighted by atomic mass is 16.5. The molecule has 1 fully saturated rings. The quantitative estimate of drug-likeness (QED) is 0.697. The summed E-state index contributed by atoms with van der Waals surface area (Å²) in [5.41, 5.74) is 1.36. The lowest BCUT2D eigenvalue weighted by Crippen LogP contribution is -2.38. The minimum Gasteiger partial charge on any atom is -0.382 e. The fourth-order valence-corrected chi connectivity index (χ4v) is 3.41. The van der Waals surface area contributed by atoms with Crippen molar-refractivity contribution in [1.29, 1.82) is 0 Å². The molecule has 130 valence electrons. The summed E-state index contributed by atoms with van der Waals surface area (Å²) in [4.78, 5) is 6.99. The summed E-state index contributed by atoms with van der Waals surface area (Å²) in [7, 11) is 3.77. The summed E-state index contributed by atoms with van der Waals surface area (Å²) >= 11 is 0. The van der Waals surface area contributed by atoms with Crippen LogP contribution in [0.25, 0.3) is 0 Å². The van der Waals surface area contributed by atoms with Crippen molar-refractivity contribution in [3.05, 3.63) is 54.1 Å². The van der Waals surface area contributed by atoms with Gasteiger partial charge in [0.2, 0.25) is 0 Å². The number of ether oxygens (including phenoxy) is 2. The first kappa shape index (κ1) is 17.1. The molecule has 0 amide bonds. The van der Waals surface area contributed by atoms with E-state index in [4.69, 9.17) is 9.47 Å². The van der Waals surface area contributed by atoms with E-state index in [2.05, 4.69) is 51.8 Å². The third kappa shape index (κ3) is 4.23. The highest BCUT2D eigenvalue weighted by Crippen LogP contribution is 2.26. The molecule has 24 heavy (non-hydrogen) atoms. The van der Waals surface area contributed by atoms with Crippen LogP contribution >= 0.6 is 0 Å². The second-order valence-electron chi connectivity index (χ2n) is 6.37. The molecule has 1 aliphatic rings. The number of rotatable bonds is 8. The maximum absolute atomic E-state index is 6.11. The molecule has 1 aliphatic heterocycles. The van der Waals surface area contributed by atoms with Gasteiger partial charge in [0, 0.05) is 39.1 Å². The Kier molecular flexibility index (Phi) is 6.01. The molecule has 1 saturated heterocycles. The minimum absolute atomic E-state index is 0.251. The highest BCUT2D eigenvalue weighted by Gasteiger charge is 2.35. The number of hydrogen-bond acceptors (Lipinski definition) is 4. The van der Waals surface area contributed by atoms with Crippen LogP contribution in [0, 0.1) is 0 Å². The Morgan fingerprint density at radius 1 is 1.21 bits per heavy atom. The van der Waals surface area contributed by atoms with E-state index in [0.717, 1.165) is 31.8 Å².